The molecule has 0 spiro atoms. The molecule has 0 amide bonds. The summed E-state index contributed by atoms with van der Waals surface area (Å²) in [5, 5.41) is 16.2. The molecule has 0 rings (SSSR count). The van der Waals surface area contributed by atoms with Crippen molar-refractivity contribution in [1.82, 2.24) is 0 Å². The number of hydrogen-bond donors (Lipinski definition) is 3. The van der Waals surface area contributed by atoms with Gasteiger partial charge >= 0.3 is 0 Å². The van der Waals surface area contributed by atoms with Gasteiger partial charge in [0.15, 0.2) is 0 Å². The lowest BCUT2D eigenvalue weighted by Crippen LogP contribution is -1.70. The van der Waals surface area contributed by atoms with Crippen LogP contribution in [0.4, 0.5) is 0 Å². The molecule has 0 aromatic carbocycles. The van der Waals surface area contributed by atoms with Crippen molar-refractivity contribution < 1.29 is 14.4 Å². The smallest absolute Gasteiger partial charge is 0.222 e. The van der Waals surface area contributed by atoms with Crippen molar-refractivity contribution in [1.29, 1.82) is 16.2 Å². The number of carbonyl (C=O) groups excluding carboxylic acids is 3. The van der Waals surface area contributed by atoms with E-state index in [4.69, 9.17) is 30.6 Å². The maximum Gasteiger partial charge on any atom is 0.231 e. The first kappa shape index (κ1) is 23.7. The van der Waals surface area contributed by atoms with Crippen LogP contribution < -0.4 is 0 Å². The van der Waals surface area contributed by atoms with Crippen LogP contribution in [0.2, 0.25) is 0 Å². The maximum atomic E-state index is 8.35. The average molecular weight is 229 g/mol. The Morgan fingerprint density at radius 1 is 0.688 bits per heavy atom. The summed E-state index contributed by atoms with van der Waals surface area (Å²) in [5.41, 5.74) is 0. The summed E-state index contributed by atoms with van der Waals surface area (Å²) in [5.74, 6) is 0. The third-order valence-corrected chi connectivity index (χ3v) is 1.21. The van der Waals surface area contributed by atoms with E-state index >= 15 is 0 Å². The highest BCUT2D eigenvalue weighted by atomic mass is 16.1. The molecule has 0 unspecified atom stereocenters. The van der Waals surface area contributed by atoms with Crippen molar-refractivity contribution in [3.63, 3.8) is 0 Å². The Morgan fingerprint density at radius 3 is 1.00 bits per heavy atom. The van der Waals surface area contributed by atoms with Crippen molar-refractivity contribution in [3.05, 3.63) is 0 Å². The quantitative estimate of drug-likeness (QED) is 0.390. The van der Waals surface area contributed by atoms with Crippen LogP contribution in [0, 0.1) is 16.2 Å². The number of unbranched alkanes of at least 4 members (excludes halogenated alkanes) is 4. The molecule has 6 heteroatoms. The molecule has 0 radical (unpaired) electrons. The molecule has 0 aliphatic rings. The molecule has 0 aromatic rings. The Kier molecular flexibility index (Phi) is 76.2. The van der Waals surface area contributed by atoms with E-state index < -0.39 is 0 Å². The highest BCUT2D eigenvalue weighted by molar-refractivity contribution is 5.26. The van der Waals surface area contributed by atoms with Gasteiger partial charge in [0.05, 0.1) is 0 Å². The topological polar surface area (TPSA) is 123 Å². The van der Waals surface area contributed by atoms with E-state index in [9.17, 15) is 0 Å². The van der Waals surface area contributed by atoms with Crippen molar-refractivity contribution in [2.45, 2.75) is 46.0 Å². The summed E-state index contributed by atoms with van der Waals surface area (Å²) in [7, 11) is 0. The fraction of sp³-hybridized carbons (Fsp3) is 0.700. The van der Waals surface area contributed by atoms with E-state index in [1.807, 2.05) is 0 Å². The van der Waals surface area contributed by atoms with Gasteiger partial charge in [-0.1, -0.05) is 46.0 Å². The third kappa shape index (κ3) is 329. The lowest BCUT2D eigenvalue weighted by Gasteiger charge is -1.90. The van der Waals surface area contributed by atoms with Crippen LogP contribution in [0.5, 0.6) is 0 Å². The molecule has 0 aliphatic heterocycles. The Labute approximate surface area is 95.6 Å². The van der Waals surface area contributed by atoms with Crippen LogP contribution in [0.15, 0.2) is 0 Å². The second kappa shape index (κ2) is 51.4. The summed E-state index contributed by atoms with van der Waals surface area (Å²) in [6.07, 6.45) is 9.26. The first-order valence-electron chi connectivity index (χ1n) is 4.78. The van der Waals surface area contributed by atoms with Gasteiger partial charge in [-0.15, -0.1) is 0 Å². The molecule has 16 heavy (non-hydrogen) atoms. The number of isocyanates is 3. The zero-order valence-corrected chi connectivity index (χ0v) is 9.76. The average Bonchev–Trinajstić information content (AvgIpc) is 2.22. The van der Waals surface area contributed by atoms with Crippen LogP contribution in [0.25, 0.3) is 0 Å². The summed E-state index contributed by atoms with van der Waals surface area (Å²) >= 11 is 0. The predicted molar refractivity (Wildman–Crippen MR) is 59.7 cm³/mol. The van der Waals surface area contributed by atoms with Gasteiger partial charge in [-0.05, 0) is 0 Å². The molecule has 0 heterocycles. The van der Waals surface area contributed by atoms with Crippen LogP contribution in [0.3, 0.4) is 0 Å². The van der Waals surface area contributed by atoms with Gasteiger partial charge in [0.25, 0.3) is 0 Å². The minimum atomic E-state index is 0.750. The van der Waals surface area contributed by atoms with Crippen LogP contribution in [0.1, 0.15) is 46.0 Å². The SMILES string of the molecule is CCCCCCC.N=C=O.N=C=O.N=C=O. The maximum absolute atomic E-state index is 8.35. The second-order valence-corrected chi connectivity index (χ2v) is 2.37. The summed E-state index contributed by atoms with van der Waals surface area (Å²) in [6.45, 7) is 4.49. The molecule has 0 saturated carbocycles. The van der Waals surface area contributed by atoms with Gasteiger partial charge in [0.2, 0.25) is 18.2 Å². The Bertz CT molecular complexity index is 167. The number of hydrogen-bond acceptors (Lipinski definition) is 6. The van der Waals surface area contributed by atoms with E-state index in [1.165, 1.54) is 32.1 Å². The van der Waals surface area contributed by atoms with E-state index in [2.05, 4.69) is 13.8 Å². The Balaban J connectivity index is -0.0000000677. The van der Waals surface area contributed by atoms with Crippen molar-refractivity contribution in [2.75, 3.05) is 0 Å². The lowest BCUT2D eigenvalue weighted by molar-refractivity contribution is 0.562. The predicted octanol–water partition coefficient (Wildman–Crippen LogP) is 2.68. The van der Waals surface area contributed by atoms with Gasteiger partial charge in [-0.3, -0.25) is 0 Å². The highest BCUT2D eigenvalue weighted by Crippen LogP contribution is 2.00. The minimum absolute atomic E-state index is 0.750. The third-order valence-electron chi connectivity index (χ3n) is 1.21. The van der Waals surface area contributed by atoms with Crippen molar-refractivity contribution in [2.24, 2.45) is 0 Å². The summed E-state index contributed by atoms with van der Waals surface area (Å²) in [6, 6.07) is 0. The van der Waals surface area contributed by atoms with Gasteiger partial charge < -0.3 is 0 Å². The normalized spacial score (nSPS) is 5.62. The molecule has 0 bridgehead atoms. The molecular weight excluding hydrogens is 210 g/mol. The molecule has 6 nitrogen and oxygen atoms in total. The molecule has 0 aliphatic carbocycles. The monoisotopic (exact) mass is 229 g/mol. The van der Waals surface area contributed by atoms with Gasteiger partial charge in [-0.25, -0.2) is 30.6 Å². The Hall–Kier alpha value is -1.86. The standard InChI is InChI=1S/C7H16.3CHNO/c1-3-5-7-6-4-2;3*2-1-3/h3-7H2,1-2H3;3*2H. The summed E-state index contributed by atoms with van der Waals surface area (Å²) < 4.78 is 0. The zero-order valence-electron chi connectivity index (χ0n) is 9.76. The first-order valence-corrected chi connectivity index (χ1v) is 4.78. The molecule has 92 valence electrons. The van der Waals surface area contributed by atoms with Crippen LogP contribution in [-0.2, 0) is 14.4 Å². The molecule has 0 atom stereocenters. The fourth-order valence-corrected chi connectivity index (χ4v) is 0.677. The number of rotatable bonds is 4. The van der Waals surface area contributed by atoms with Gasteiger partial charge in [0, 0.05) is 0 Å². The minimum Gasteiger partial charge on any atom is -0.222 e. The summed E-state index contributed by atoms with van der Waals surface area (Å²) in [4.78, 5) is 25.0. The molecule has 0 saturated heterocycles. The molecular formula is C10H19N3O3. The van der Waals surface area contributed by atoms with Crippen molar-refractivity contribution >= 4 is 18.2 Å². The van der Waals surface area contributed by atoms with Crippen molar-refractivity contribution in [3.8, 4) is 0 Å². The van der Waals surface area contributed by atoms with Gasteiger partial charge in [-0.2, -0.15) is 0 Å². The van der Waals surface area contributed by atoms with E-state index in [0.717, 1.165) is 18.2 Å². The van der Waals surface area contributed by atoms with Crippen LogP contribution >= 0.6 is 0 Å². The molecule has 3 N–H and O–H groups in total. The second-order valence-electron chi connectivity index (χ2n) is 2.37. The van der Waals surface area contributed by atoms with E-state index in [0.29, 0.717) is 0 Å². The fourth-order valence-electron chi connectivity index (χ4n) is 0.677. The molecule has 0 fully saturated rings. The van der Waals surface area contributed by atoms with Gasteiger partial charge in [0.1, 0.15) is 0 Å². The Morgan fingerprint density at radius 2 is 0.875 bits per heavy atom. The molecule has 0 aromatic heterocycles. The first-order chi connectivity index (χ1) is 7.66. The highest BCUT2D eigenvalue weighted by Gasteiger charge is 1.80. The lowest BCUT2D eigenvalue weighted by atomic mass is 10.2. The van der Waals surface area contributed by atoms with E-state index in [1.54, 1.807) is 0 Å². The zero-order chi connectivity index (χ0) is 13.7. The van der Waals surface area contributed by atoms with E-state index in [-0.39, 0.29) is 0 Å². The van der Waals surface area contributed by atoms with Crippen LogP contribution in [-0.4, -0.2) is 18.2 Å². The number of nitrogens with one attached hydrogen (secondary N) is 3. The largest absolute Gasteiger partial charge is 0.231 e.